The van der Waals surface area contributed by atoms with Gasteiger partial charge in [-0.25, -0.2) is 19.2 Å². The van der Waals surface area contributed by atoms with E-state index in [0.717, 1.165) is 30.6 Å². The molecular formula is C22H25BrClFN4O2S. The Hall–Kier alpha value is -1.32. The van der Waals surface area contributed by atoms with Gasteiger partial charge in [-0.05, 0) is 74.2 Å². The minimum Gasteiger partial charge on any atom is -0.444 e. The van der Waals surface area contributed by atoms with Gasteiger partial charge in [0, 0.05) is 6.54 Å². The summed E-state index contributed by atoms with van der Waals surface area (Å²) in [5, 5.41) is 1.60. The molecule has 0 unspecified atom stereocenters. The molecule has 2 saturated heterocycles. The first-order valence-corrected chi connectivity index (χ1v) is 13.2. The van der Waals surface area contributed by atoms with Crippen molar-refractivity contribution in [3.63, 3.8) is 0 Å². The maximum Gasteiger partial charge on any atom is 0.410 e. The maximum atomic E-state index is 15.2. The summed E-state index contributed by atoms with van der Waals surface area (Å²) in [6, 6.07) is 0.110. The largest absolute Gasteiger partial charge is 0.444 e. The molecule has 5 rings (SSSR count). The monoisotopic (exact) mass is 542 g/mol. The molecule has 1 amide bonds. The van der Waals surface area contributed by atoms with Crippen molar-refractivity contribution in [2.24, 2.45) is 0 Å². The smallest absolute Gasteiger partial charge is 0.410 e. The molecule has 2 aromatic rings. The molecular weight excluding hydrogens is 519 g/mol. The molecule has 0 spiro atoms. The van der Waals surface area contributed by atoms with Crippen molar-refractivity contribution < 1.29 is 13.9 Å². The van der Waals surface area contributed by atoms with Crippen molar-refractivity contribution in [3.8, 4) is 0 Å². The first-order valence-electron chi connectivity index (χ1n) is 10.8. The van der Waals surface area contributed by atoms with Crippen molar-refractivity contribution >= 4 is 62.1 Å². The van der Waals surface area contributed by atoms with E-state index in [2.05, 4.69) is 25.8 Å². The number of halogens is 3. The molecule has 4 heterocycles. The van der Waals surface area contributed by atoms with Crippen LogP contribution in [0.5, 0.6) is 0 Å². The van der Waals surface area contributed by atoms with Crippen molar-refractivity contribution in [1.82, 2.24) is 14.9 Å². The molecule has 3 aliphatic rings. The second kappa shape index (κ2) is 7.87. The molecule has 2 bridgehead atoms. The van der Waals surface area contributed by atoms with E-state index >= 15 is 4.39 Å². The number of thioether (sulfide) groups is 1. The van der Waals surface area contributed by atoms with Crippen LogP contribution in [0, 0.1) is 5.82 Å². The highest BCUT2D eigenvalue weighted by atomic mass is 79.9. The lowest BCUT2D eigenvalue weighted by atomic mass is 9.97. The van der Waals surface area contributed by atoms with E-state index in [1.54, 1.807) is 0 Å². The SMILES string of the molecule is CSc1nc2c3c(c(Cl)c(Br)c(F)c3n1)CC[C@@H]1[C@@H]3CC[C@H](CN21)N3C(=O)OC(C)(C)C. The second-order valence-corrected chi connectivity index (χ2v) is 11.6. The molecule has 1 aromatic carbocycles. The normalized spacial score (nSPS) is 24.5. The fourth-order valence-corrected chi connectivity index (χ4v) is 6.42. The number of benzene rings is 1. The van der Waals surface area contributed by atoms with Crippen LogP contribution in [0.4, 0.5) is 15.0 Å². The number of carbonyl (C=O) groups is 1. The number of carbonyl (C=O) groups excluding carboxylic acids is 1. The summed E-state index contributed by atoms with van der Waals surface area (Å²) in [5.41, 5.74) is 0.622. The Balaban J connectivity index is 1.63. The van der Waals surface area contributed by atoms with Gasteiger partial charge in [-0.3, -0.25) is 4.90 Å². The van der Waals surface area contributed by atoms with Crippen LogP contribution < -0.4 is 4.90 Å². The number of hydrogen-bond acceptors (Lipinski definition) is 6. The van der Waals surface area contributed by atoms with Crippen molar-refractivity contribution in [1.29, 1.82) is 0 Å². The highest BCUT2D eigenvalue weighted by molar-refractivity contribution is 9.10. The minimum atomic E-state index is -0.545. The number of ether oxygens (including phenoxy) is 1. The van der Waals surface area contributed by atoms with Crippen molar-refractivity contribution in [2.75, 3.05) is 17.7 Å². The number of amides is 1. The van der Waals surface area contributed by atoms with E-state index in [4.69, 9.17) is 21.3 Å². The Bertz CT molecular complexity index is 1130. The highest BCUT2D eigenvalue weighted by Gasteiger charge is 2.51. The lowest BCUT2D eigenvalue weighted by molar-refractivity contribution is 0.00722. The zero-order valence-electron chi connectivity index (χ0n) is 18.4. The molecule has 2 fully saturated rings. The van der Waals surface area contributed by atoms with E-state index < -0.39 is 11.4 Å². The molecule has 0 saturated carbocycles. The van der Waals surface area contributed by atoms with Crippen LogP contribution in [-0.2, 0) is 11.2 Å². The third kappa shape index (κ3) is 3.46. The number of piperazine rings is 1. The number of nitrogens with zero attached hydrogens (tertiary/aromatic N) is 4. The molecule has 6 nitrogen and oxygen atoms in total. The van der Waals surface area contributed by atoms with Gasteiger partial charge in [0.05, 0.1) is 33.0 Å². The summed E-state index contributed by atoms with van der Waals surface area (Å²) >= 11 is 11.3. The molecule has 0 radical (unpaired) electrons. The molecule has 1 aromatic heterocycles. The fourth-order valence-electron chi connectivity index (χ4n) is 5.36. The molecule has 10 heteroatoms. The topological polar surface area (TPSA) is 58.6 Å². The zero-order chi connectivity index (χ0) is 22.9. The number of rotatable bonds is 1. The fraction of sp³-hybridized carbons (Fsp3) is 0.591. The summed E-state index contributed by atoms with van der Waals surface area (Å²) in [7, 11) is 0. The Kier molecular flexibility index (Phi) is 5.53. The van der Waals surface area contributed by atoms with Gasteiger partial charge >= 0.3 is 6.09 Å². The van der Waals surface area contributed by atoms with Crippen LogP contribution in [0.3, 0.4) is 0 Å². The van der Waals surface area contributed by atoms with Gasteiger partial charge < -0.3 is 9.64 Å². The van der Waals surface area contributed by atoms with Gasteiger partial charge in [0.1, 0.15) is 16.9 Å². The number of fused-ring (bicyclic) bond motifs is 5. The van der Waals surface area contributed by atoms with E-state index in [0.29, 0.717) is 34.0 Å². The first-order chi connectivity index (χ1) is 15.1. The number of anilines is 1. The van der Waals surface area contributed by atoms with Crippen molar-refractivity contribution in [3.05, 3.63) is 20.9 Å². The van der Waals surface area contributed by atoms with E-state index in [1.807, 2.05) is 31.9 Å². The predicted molar refractivity (Wildman–Crippen MR) is 128 cm³/mol. The van der Waals surface area contributed by atoms with Gasteiger partial charge in [0.25, 0.3) is 0 Å². The molecule has 3 atom stereocenters. The average molecular weight is 544 g/mol. The summed E-state index contributed by atoms with van der Waals surface area (Å²) < 4.78 is 21.2. The minimum absolute atomic E-state index is 0.0210. The van der Waals surface area contributed by atoms with Gasteiger partial charge in [-0.1, -0.05) is 23.4 Å². The molecule has 172 valence electrons. The second-order valence-electron chi connectivity index (χ2n) is 9.62. The Morgan fingerprint density at radius 1 is 1.25 bits per heavy atom. The summed E-state index contributed by atoms with van der Waals surface area (Å²) in [4.78, 5) is 26.6. The maximum absolute atomic E-state index is 15.2. The predicted octanol–water partition coefficient (Wildman–Crippen LogP) is 5.81. The number of aryl methyl sites for hydroxylation is 1. The van der Waals surface area contributed by atoms with Gasteiger partial charge in [-0.2, -0.15) is 0 Å². The van der Waals surface area contributed by atoms with E-state index in [9.17, 15) is 4.79 Å². The third-order valence-corrected chi connectivity index (χ3v) is 8.51. The molecule has 0 aliphatic carbocycles. The summed E-state index contributed by atoms with van der Waals surface area (Å²) in [6.45, 7) is 6.30. The van der Waals surface area contributed by atoms with Crippen LogP contribution in [0.2, 0.25) is 5.02 Å². The van der Waals surface area contributed by atoms with Gasteiger partial charge in [0.15, 0.2) is 11.0 Å². The Morgan fingerprint density at radius 2 is 2.00 bits per heavy atom. The molecule has 32 heavy (non-hydrogen) atoms. The third-order valence-electron chi connectivity index (χ3n) is 6.58. The summed E-state index contributed by atoms with van der Waals surface area (Å²) in [6.07, 6.45) is 4.91. The van der Waals surface area contributed by atoms with Crippen LogP contribution >= 0.6 is 39.3 Å². The average Bonchev–Trinajstić information content (AvgIpc) is 2.96. The van der Waals surface area contributed by atoms with Gasteiger partial charge in [-0.15, -0.1) is 0 Å². The van der Waals surface area contributed by atoms with E-state index in [-0.39, 0.29) is 28.7 Å². The van der Waals surface area contributed by atoms with Crippen molar-refractivity contribution in [2.45, 2.75) is 75.3 Å². The Labute approximate surface area is 204 Å². The van der Waals surface area contributed by atoms with Gasteiger partial charge in [0.2, 0.25) is 0 Å². The lowest BCUT2D eigenvalue weighted by Crippen LogP contribution is -2.62. The standard InChI is InChI=1S/C22H25BrClFN4O2S/c1-22(2,3)31-21(30)29-10-5-7-13(29)12-8-6-11-14-18(17(25)15(23)16(11)24)26-20(32-4)27-19(14)28(12)9-10/h10,12-13H,5-9H2,1-4H3/t10-,12-,13+/m1/s1. The lowest BCUT2D eigenvalue weighted by Gasteiger charge is -2.47. The van der Waals surface area contributed by atoms with Crippen LogP contribution in [-0.4, -0.2) is 57.5 Å². The van der Waals surface area contributed by atoms with Crippen LogP contribution in [0.25, 0.3) is 10.9 Å². The Morgan fingerprint density at radius 3 is 2.69 bits per heavy atom. The zero-order valence-corrected chi connectivity index (χ0v) is 21.6. The number of hydrogen-bond donors (Lipinski definition) is 0. The summed E-state index contributed by atoms with van der Waals surface area (Å²) in [5.74, 6) is 0.271. The van der Waals surface area contributed by atoms with Crippen LogP contribution in [0.15, 0.2) is 9.63 Å². The number of aromatic nitrogens is 2. The van der Waals surface area contributed by atoms with Crippen LogP contribution in [0.1, 0.15) is 45.6 Å². The first kappa shape index (κ1) is 22.5. The molecule has 3 aliphatic heterocycles. The highest BCUT2D eigenvalue weighted by Crippen LogP contribution is 2.47. The molecule has 0 N–H and O–H groups in total. The van der Waals surface area contributed by atoms with E-state index in [1.165, 1.54) is 11.8 Å². The quantitative estimate of drug-likeness (QED) is 0.257.